The average molecular weight is 301 g/mol. The number of aromatic nitrogens is 1. The molecule has 0 fully saturated rings. The molecule has 0 saturated carbocycles. The van der Waals surface area contributed by atoms with Crippen LogP contribution in [0.2, 0.25) is 0 Å². The number of hydrogen-bond acceptors (Lipinski definition) is 4. The number of nitrogens with one attached hydrogen (secondary N) is 1. The molecule has 3 N–H and O–H groups in total. The molecule has 2 rings (SSSR count). The molecule has 0 aliphatic carbocycles. The highest BCUT2D eigenvalue weighted by atomic mass is 16.5. The van der Waals surface area contributed by atoms with Crippen LogP contribution in [-0.4, -0.2) is 11.1 Å². The van der Waals surface area contributed by atoms with E-state index in [4.69, 9.17) is 10.3 Å². The Labute approximate surface area is 130 Å². The lowest BCUT2D eigenvalue weighted by Crippen LogP contribution is -2.27. The Kier molecular flexibility index (Phi) is 5.72. The molecule has 5 heteroatoms. The van der Waals surface area contributed by atoms with E-state index in [-0.39, 0.29) is 18.4 Å². The number of aryl methyl sites for hydroxylation is 2. The second-order valence-corrected chi connectivity index (χ2v) is 5.24. The summed E-state index contributed by atoms with van der Waals surface area (Å²) in [5.41, 5.74) is 8.93. The molecule has 1 heterocycles. The Morgan fingerprint density at radius 1 is 1.27 bits per heavy atom. The molecular formula is C17H23N3O2. The molecule has 2 aromatic rings. The molecule has 118 valence electrons. The first kappa shape index (κ1) is 16.2. The predicted octanol–water partition coefficient (Wildman–Crippen LogP) is 2.51. The highest BCUT2D eigenvalue weighted by molar-refractivity contribution is 5.76. The second kappa shape index (κ2) is 7.75. The molecule has 0 bridgehead atoms. The summed E-state index contributed by atoms with van der Waals surface area (Å²) in [6.07, 6.45) is 1.82. The normalized spacial score (nSPS) is 12.1. The molecule has 0 aliphatic heterocycles. The first-order valence-corrected chi connectivity index (χ1v) is 7.69. The molecule has 1 amide bonds. The van der Waals surface area contributed by atoms with E-state index in [0.717, 1.165) is 35.4 Å². The number of amides is 1. The van der Waals surface area contributed by atoms with Gasteiger partial charge in [-0.25, -0.2) is 0 Å². The molecule has 22 heavy (non-hydrogen) atoms. The van der Waals surface area contributed by atoms with Crippen molar-refractivity contribution in [3.05, 3.63) is 52.9 Å². The van der Waals surface area contributed by atoms with Crippen molar-refractivity contribution in [2.45, 2.75) is 45.7 Å². The van der Waals surface area contributed by atoms with Crippen molar-refractivity contribution in [1.29, 1.82) is 0 Å². The van der Waals surface area contributed by atoms with Gasteiger partial charge in [-0.15, -0.1) is 0 Å². The van der Waals surface area contributed by atoms with Crippen LogP contribution in [0.4, 0.5) is 0 Å². The number of carbonyl (C=O) groups excluding carboxylic acids is 1. The van der Waals surface area contributed by atoms with Crippen LogP contribution in [0.1, 0.15) is 48.9 Å². The largest absolute Gasteiger partial charge is 0.361 e. The molecule has 5 nitrogen and oxygen atoms in total. The monoisotopic (exact) mass is 301 g/mol. The summed E-state index contributed by atoms with van der Waals surface area (Å²) in [4.78, 5) is 12.1. The smallest absolute Gasteiger partial charge is 0.222 e. The van der Waals surface area contributed by atoms with Gasteiger partial charge in [0.1, 0.15) is 5.76 Å². The first-order valence-electron chi connectivity index (χ1n) is 7.69. The number of rotatable bonds is 7. The van der Waals surface area contributed by atoms with Gasteiger partial charge < -0.3 is 15.6 Å². The summed E-state index contributed by atoms with van der Waals surface area (Å²) in [6, 6.07) is 9.35. The van der Waals surface area contributed by atoms with Crippen LogP contribution >= 0.6 is 0 Å². The lowest BCUT2D eigenvalue weighted by molar-refractivity contribution is -0.121. The third kappa shape index (κ3) is 3.95. The van der Waals surface area contributed by atoms with Gasteiger partial charge in [0.05, 0.1) is 5.69 Å². The maximum Gasteiger partial charge on any atom is 0.222 e. The molecule has 1 aromatic heterocycles. The van der Waals surface area contributed by atoms with E-state index in [1.165, 1.54) is 0 Å². The number of benzene rings is 1. The summed E-state index contributed by atoms with van der Waals surface area (Å²) in [6.45, 7) is 4.47. The lowest BCUT2D eigenvalue weighted by atomic mass is 10.0. The van der Waals surface area contributed by atoms with Gasteiger partial charge in [-0.3, -0.25) is 4.79 Å². The van der Waals surface area contributed by atoms with Gasteiger partial charge in [0.2, 0.25) is 5.91 Å². The van der Waals surface area contributed by atoms with Gasteiger partial charge in [0.25, 0.3) is 0 Å². The van der Waals surface area contributed by atoms with Gasteiger partial charge in [-0.2, -0.15) is 0 Å². The maximum absolute atomic E-state index is 12.1. The Morgan fingerprint density at radius 3 is 2.64 bits per heavy atom. The van der Waals surface area contributed by atoms with Crippen molar-refractivity contribution in [1.82, 2.24) is 10.5 Å². The van der Waals surface area contributed by atoms with Gasteiger partial charge in [-0.1, -0.05) is 49.3 Å². The predicted molar refractivity (Wildman–Crippen MR) is 85.1 cm³/mol. The van der Waals surface area contributed by atoms with Crippen LogP contribution in [0, 0.1) is 0 Å². The van der Waals surface area contributed by atoms with E-state index in [9.17, 15) is 4.79 Å². The van der Waals surface area contributed by atoms with Crippen LogP contribution in [0.3, 0.4) is 0 Å². The zero-order valence-electron chi connectivity index (χ0n) is 13.1. The Bertz CT molecular complexity index is 586. The van der Waals surface area contributed by atoms with Crippen LogP contribution < -0.4 is 11.1 Å². The second-order valence-electron chi connectivity index (χ2n) is 5.24. The Morgan fingerprint density at radius 2 is 2.00 bits per heavy atom. The van der Waals surface area contributed by atoms with Crippen molar-refractivity contribution in [2.24, 2.45) is 5.73 Å². The van der Waals surface area contributed by atoms with Crippen molar-refractivity contribution < 1.29 is 9.32 Å². The van der Waals surface area contributed by atoms with E-state index in [1.807, 2.05) is 44.2 Å². The lowest BCUT2D eigenvalue weighted by Gasteiger charge is -2.12. The summed E-state index contributed by atoms with van der Waals surface area (Å²) < 4.78 is 5.29. The fraction of sp³-hybridized carbons (Fsp3) is 0.412. The molecule has 1 atom stereocenters. The Hall–Kier alpha value is -2.14. The first-order chi connectivity index (χ1) is 10.7. The summed E-state index contributed by atoms with van der Waals surface area (Å²) in [5, 5.41) is 6.96. The van der Waals surface area contributed by atoms with Gasteiger partial charge in [0.15, 0.2) is 0 Å². The quantitative estimate of drug-likeness (QED) is 0.823. The minimum atomic E-state index is -0.292. The molecule has 1 unspecified atom stereocenters. The fourth-order valence-corrected chi connectivity index (χ4v) is 2.41. The standard InChI is InChI=1S/C17H23N3O2/c1-3-15-13(16(4-2)22-20-15)11-19-17(21)10-14(18)12-8-6-5-7-9-12/h5-9,14H,3-4,10-11,18H2,1-2H3,(H,19,21). The van der Waals surface area contributed by atoms with Crippen molar-refractivity contribution in [3.8, 4) is 0 Å². The Balaban J connectivity index is 1.92. The third-order valence-electron chi connectivity index (χ3n) is 3.70. The number of nitrogens with zero attached hydrogens (tertiary/aromatic N) is 1. The molecular weight excluding hydrogens is 278 g/mol. The summed E-state index contributed by atoms with van der Waals surface area (Å²) in [7, 11) is 0. The highest BCUT2D eigenvalue weighted by Crippen LogP contribution is 2.16. The molecule has 0 saturated heterocycles. The zero-order chi connectivity index (χ0) is 15.9. The molecule has 0 spiro atoms. The molecule has 1 aromatic carbocycles. The average Bonchev–Trinajstić information content (AvgIpc) is 2.95. The van der Waals surface area contributed by atoms with E-state index in [2.05, 4.69) is 10.5 Å². The number of nitrogens with two attached hydrogens (primary N) is 1. The fourth-order valence-electron chi connectivity index (χ4n) is 2.41. The number of hydrogen-bond donors (Lipinski definition) is 2. The summed E-state index contributed by atoms with van der Waals surface area (Å²) >= 11 is 0. The van der Waals surface area contributed by atoms with E-state index in [0.29, 0.717) is 6.54 Å². The van der Waals surface area contributed by atoms with Crippen LogP contribution in [0.5, 0.6) is 0 Å². The van der Waals surface area contributed by atoms with Crippen LogP contribution in [0.25, 0.3) is 0 Å². The topological polar surface area (TPSA) is 81.2 Å². The van der Waals surface area contributed by atoms with Crippen molar-refractivity contribution in [2.75, 3.05) is 0 Å². The maximum atomic E-state index is 12.1. The van der Waals surface area contributed by atoms with Crippen LogP contribution in [-0.2, 0) is 24.2 Å². The third-order valence-corrected chi connectivity index (χ3v) is 3.70. The van der Waals surface area contributed by atoms with Crippen molar-refractivity contribution in [3.63, 3.8) is 0 Å². The SMILES string of the molecule is CCc1noc(CC)c1CNC(=O)CC(N)c1ccccc1. The molecule has 0 radical (unpaired) electrons. The van der Waals surface area contributed by atoms with Gasteiger partial charge in [-0.05, 0) is 12.0 Å². The number of carbonyl (C=O) groups is 1. The van der Waals surface area contributed by atoms with Gasteiger partial charge in [0, 0.05) is 31.0 Å². The van der Waals surface area contributed by atoms with E-state index >= 15 is 0 Å². The minimum absolute atomic E-state index is 0.0679. The summed E-state index contributed by atoms with van der Waals surface area (Å²) in [5.74, 6) is 0.770. The van der Waals surface area contributed by atoms with E-state index < -0.39 is 0 Å². The zero-order valence-corrected chi connectivity index (χ0v) is 13.1. The van der Waals surface area contributed by atoms with Crippen molar-refractivity contribution >= 4 is 5.91 Å². The van der Waals surface area contributed by atoms with E-state index in [1.54, 1.807) is 0 Å². The minimum Gasteiger partial charge on any atom is -0.361 e. The van der Waals surface area contributed by atoms with Gasteiger partial charge >= 0.3 is 0 Å². The van der Waals surface area contributed by atoms with Crippen LogP contribution in [0.15, 0.2) is 34.9 Å². The molecule has 0 aliphatic rings. The highest BCUT2D eigenvalue weighted by Gasteiger charge is 2.16.